The van der Waals surface area contributed by atoms with Crippen LogP contribution in [0.2, 0.25) is 0 Å². The fourth-order valence-corrected chi connectivity index (χ4v) is 1.34. The number of carbonyl (C=O) groups excluding carboxylic acids is 1. The van der Waals surface area contributed by atoms with E-state index in [0.717, 1.165) is 15.5 Å². The molecule has 0 bridgehead atoms. The second-order valence-electron chi connectivity index (χ2n) is 1.57. The summed E-state index contributed by atoms with van der Waals surface area (Å²) < 4.78 is 1.02. The van der Waals surface area contributed by atoms with E-state index in [1.54, 1.807) is 5.38 Å². The van der Waals surface area contributed by atoms with Crippen molar-refractivity contribution in [1.29, 1.82) is 0 Å². The predicted molar refractivity (Wildman–Crippen MR) is 39.9 cm³/mol. The van der Waals surface area contributed by atoms with E-state index in [9.17, 15) is 9.59 Å². The molecule has 0 amide bonds. The van der Waals surface area contributed by atoms with Crippen LogP contribution in [0.4, 0.5) is 0 Å². The molecule has 0 spiro atoms. The summed E-state index contributed by atoms with van der Waals surface area (Å²) in [6.45, 7) is 0. The van der Waals surface area contributed by atoms with Gasteiger partial charge in [-0.3, -0.25) is 9.59 Å². The number of carbonyl (C=O) groups is 1. The summed E-state index contributed by atoms with van der Waals surface area (Å²) in [4.78, 5) is 21.5. The maximum absolute atomic E-state index is 10.7. The Hall–Kier alpha value is -0.610. The smallest absolute Gasteiger partial charge is 0.267 e. The molecule has 1 aromatic heterocycles. The normalized spacial score (nSPS) is 9.70. The lowest BCUT2D eigenvalue weighted by atomic mass is 10.7. The Kier molecular flexibility index (Phi) is 2.24. The summed E-state index contributed by atoms with van der Waals surface area (Å²) in [5, 5.41) is 1.55. The minimum absolute atomic E-state index is 0.152. The molecule has 0 aromatic carbocycles. The second-order valence-corrected chi connectivity index (χ2v) is 2.68. The number of hydrogen-bond donors (Lipinski definition) is 0. The van der Waals surface area contributed by atoms with Crippen LogP contribution in [0.15, 0.2) is 16.2 Å². The minimum atomic E-state index is -0.373. The Morgan fingerprint density at radius 1 is 1.80 bits per heavy atom. The molecule has 0 saturated heterocycles. The molecule has 1 aromatic rings. The fourth-order valence-electron chi connectivity index (χ4n) is 0.505. The average molecular weight is 178 g/mol. The predicted octanol–water partition coefficient (Wildman–Crippen LogP) is 0.789. The molecule has 1 heterocycles. The topological polar surface area (TPSA) is 39.1 Å². The monoisotopic (exact) mass is 177 g/mol. The molecule has 54 valence electrons. The number of halogens is 1. The first-order valence-corrected chi connectivity index (χ1v) is 3.89. The van der Waals surface area contributed by atoms with Crippen LogP contribution in [-0.4, -0.2) is 15.7 Å². The number of aromatic nitrogens is 1. The number of hydrogen-bond acceptors (Lipinski definition) is 3. The third-order valence-electron chi connectivity index (χ3n) is 0.918. The van der Waals surface area contributed by atoms with Crippen LogP contribution < -0.4 is 5.56 Å². The molecule has 0 radical (unpaired) electrons. The molecule has 3 nitrogen and oxygen atoms in total. The summed E-state index contributed by atoms with van der Waals surface area (Å²) >= 11 is 6.27. The van der Waals surface area contributed by atoms with Gasteiger partial charge in [0.1, 0.15) is 5.88 Å². The largest absolute Gasteiger partial charge is 0.272 e. The van der Waals surface area contributed by atoms with Gasteiger partial charge in [-0.15, -0.1) is 11.6 Å². The van der Waals surface area contributed by atoms with Crippen LogP contribution in [0.5, 0.6) is 0 Å². The highest BCUT2D eigenvalue weighted by atomic mass is 35.5. The van der Waals surface area contributed by atoms with Gasteiger partial charge in [0.2, 0.25) is 0 Å². The van der Waals surface area contributed by atoms with E-state index in [2.05, 4.69) is 0 Å². The quantitative estimate of drug-likeness (QED) is 0.595. The SMILES string of the molecule is O=C(CCl)n1sccc1=O. The zero-order valence-electron chi connectivity index (χ0n) is 4.91. The molecule has 0 aliphatic rings. The van der Waals surface area contributed by atoms with E-state index in [1.807, 2.05) is 0 Å². The Labute approximate surface area is 66.0 Å². The van der Waals surface area contributed by atoms with E-state index < -0.39 is 0 Å². The zero-order valence-corrected chi connectivity index (χ0v) is 6.48. The van der Waals surface area contributed by atoms with Gasteiger partial charge in [0.25, 0.3) is 11.5 Å². The Morgan fingerprint density at radius 2 is 2.50 bits per heavy atom. The van der Waals surface area contributed by atoms with Gasteiger partial charge >= 0.3 is 0 Å². The van der Waals surface area contributed by atoms with Crippen molar-refractivity contribution in [3.63, 3.8) is 0 Å². The van der Waals surface area contributed by atoms with Crippen LogP contribution in [0.3, 0.4) is 0 Å². The number of alkyl halides is 1. The van der Waals surface area contributed by atoms with Crippen molar-refractivity contribution in [2.24, 2.45) is 0 Å². The van der Waals surface area contributed by atoms with Gasteiger partial charge in [-0.2, -0.15) is 3.96 Å². The summed E-state index contributed by atoms with van der Waals surface area (Å²) in [7, 11) is 0. The highest BCUT2D eigenvalue weighted by Gasteiger charge is 2.04. The van der Waals surface area contributed by atoms with E-state index >= 15 is 0 Å². The van der Waals surface area contributed by atoms with Gasteiger partial charge in [-0.05, 0) is 0 Å². The molecule has 1 rings (SSSR count). The van der Waals surface area contributed by atoms with Gasteiger partial charge < -0.3 is 0 Å². The lowest BCUT2D eigenvalue weighted by Gasteiger charge is -1.90. The summed E-state index contributed by atoms with van der Waals surface area (Å²) in [5.74, 6) is -0.526. The van der Waals surface area contributed by atoms with Crippen molar-refractivity contribution >= 4 is 29.0 Å². The molecule has 0 unspecified atom stereocenters. The zero-order chi connectivity index (χ0) is 7.56. The highest BCUT2D eigenvalue weighted by Crippen LogP contribution is 1.93. The van der Waals surface area contributed by atoms with Crippen molar-refractivity contribution in [3.05, 3.63) is 21.8 Å². The summed E-state index contributed by atoms with van der Waals surface area (Å²) in [6.07, 6.45) is 0. The third-order valence-corrected chi connectivity index (χ3v) is 2.00. The number of nitrogens with zero attached hydrogens (tertiary/aromatic N) is 1. The van der Waals surface area contributed by atoms with Crippen LogP contribution in [0.1, 0.15) is 4.79 Å². The maximum Gasteiger partial charge on any atom is 0.267 e. The molecule has 0 saturated carbocycles. The molecular weight excluding hydrogens is 174 g/mol. The third kappa shape index (κ3) is 1.27. The molecular formula is C5H4ClNO2S. The standard InChI is InChI=1S/C5H4ClNO2S/c6-3-5(9)7-4(8)1-2-10-7/h1-2H,3H2. The van der Waals surface area contributed by atoms with Crippen LogP contribution in [-0.2, 0) is 0 Å². The molecule has 5 heteroatoms. The molecule has 10 heavy (non-hydrogen) atoms. The van der Waals surface area contributed by atoms with Crippen LogP contribution >= 0.6 is 23.1 Å². The van der Waals surface area contributed by atoms with Crippen molar-refractivity contribution in [3.8, 4) is 0 Å². The second kappa shape index (κ2) is 2.98. The first kappa shape index (κ1) is 7.50. The lowest BCUT2D eigenvalue weighted by molar-refractivity contribution is 0.0949. The Balaban J connectivity index is 3.05. The van der Waals surface area contributed by atoms with Gasteiger partial charge in [0.05, 0.1) is 0 Å². The van der Waals surface area contributed by atoms with Crippen LogP contribution in [0.25, 0.3) is 0 Å². The lowest BCUT2D eigenvalue weighted by Crippen LogP contribution is -2.20. The van der Waals surface area contributed by atoms with E-state index in [0.29, 0.717) is 0 Å². The van der Waals surface area contributed by atoms with E-state index in [-0.39, 0.29) is 17.3 Å². The van der Waals surface area contributed by atoms with Gasteiger partial charge in [0, 0.05) is 11.4 Å². The van der Waals surface area contributed by atoms with Crippen molar-refractivity contribution in [2.75, 3.05) is 5.88 Å². The summed E-state index contributed by atoms with van der Waals surface area (Å²) in [5.41, 5.74) is -0.310. The van der Waals surface area contributed by atoms with Crippen LogP contribution in [0, 0.1) is 0 Å². The van der Waals surface area contributed by atoms with E-state index in [1.165, 1.54) is 6.07 Å². The van der Waals surface area contributed by atoms with Gasteiger partial charge in [-0.1, -0.05) is 11.5 Å². The first-order valence-electron chi connectivity index (χ1n) is 2.52. The summed E-state index contributed by atoms with van der Waals surface area (Å²) in [6, 6.07) is 1.33. The fraction of sp³-hybridized carbons (Fsp3) is 0.200. The molecule has 0 aliphatic carbocycles. The maximum atomic E-state index is 10.7. The molecule has 0 fully saturated rings. The van der Waals surface area contributed by atoms with Gasteiger partial charge in [-0.25, -0.2) is 0 Å². The number of rotatable bonds is 1. The van der Waals surface area contributed by atoms with E-state index in [4.69, 9.17) is 11.6 Å². The first-order chi connectivity index (χ1) is 4.75. The van der Waals surface area contributed by atoms with Crippen molar-refractivity contribution in [1.82, 2.24) is 3.96 Å². The Bertz CT molecular complexity index is 290. The molecule has 0 aliphatic heterocycles. The van der Waals surface area contributed by atoms with Crippen molar-refractivity contribution < 1.29 is 4.79 Å². The molecule has 0 N–H and O–H groups in total. The van der Waals surface area contributed by atoms with Gasteiger partial charge in [0.15, 0.2) is 0 Å². The molecule has 0 atom stereocenters. The van der Waals surface area contributed by atoms with Crippen molar-refractivity contribution in [2.45, 2.75) is 0 Å². The highest BCUT2D eigenvalue weighted by molar-refractivity contribution is 7.05. The minimum Gasteiger partial charge on any atom is -0.272 e. The Morgan fingerprint density at radius 3 is 2.90 bits per heavy atom. The average Bonchev–Trinajstić information content (AvgIpc) is 2.34.